The molecular weight excluding hydrogens is 373 g/mol. The molecule has 0 saturated heterocycles. The van der Waals surface area contributed by atoms with Gasteiger partial charge in [-0.2, -0.15) is 13.2 Å². The summed E-state index contributed by atoms with van der Waals surface area (Å²) < 4.78 is 39.5. The van der Waals surface area contributed by atoms with Gasteiger partial charge in [-0.25, -0.2) is 4.79 Å². The van der Waals surface area contributed by atoms with Crippen LogP contribution in [0, 0.1) is 0 Å². The molecule has 2 N–H and O–H groups in total. The van der Waals surface area contributed by atoms with Crippen molar-refractivity contribution in [1.29, 1.82) is 0 Å². The van der Waals surface area contributed by atoms with Gasteiger partial charge in [0.15, 0.2) is 0 Å². The largest absolute Gasteiger partial charge is 0.478 e. The summed E-state index contributed by atoms with van der Waals surface area (Å²) in [6.45, 7) is 0.580. The Bertz CT molecular complexity index is 939. The number of carbonyl (C=O) groups excluding carboxylic acids is 1. The predicted molar refractivity (Wildman–Crippen MR) is 98.6 cm³/mol. The minimum Gasteiger partial charge on any atom is -0.478 e. The number of hydrogen-bond acceptors (Lipinski definition) is 3. The number of alkyl halides is 3. The summed E-state index contributed by atoms with van der Waals surface area (Å²) in [4.78, 5) is 24.4. The lowest BCUT2D eigenvalue weighted by Crippen LogP contribution is -2.26. The number of para-hydroxylation sites is 1. The van der Waals surface area contributed by atoms with E-state index in [4.69, 9.17) is 5.11 Å². The van der Waals surface area contributed by atoms with Crippen molar-refractivity contribution >= 4 is 28.9 Å². The second kappa shape index (κ2) is 7.75. The van der Waals surface area contributed by atoms with Crippen LogP contribution in [0.1, 0.15) is 17.5 Å². The first-order chi connectivity index (χ1) is 13.3. The molecule has 1 heterocycles. The van der Waals surface area contributed by atoms with Gasteiger partial charge in [0.2, 0.25) is 5.91 Å². The van der Waals surface area contributed by atoms with Crippen molar-refractivity contribution < 1.29 is 27.9 Å². The van der Waals surface area contributed by atoms with Gasteiger partial charge < -0.3 is 15.3 Å². The second-order valence-electron chi connectivity index (χ2n) is 6.27. The second-order valence-corrected chi connectivity index (χ2v) is 6.27. The van der Waals surface area contributed by atoms with Gasteiger partial charge in [-0.15, -0.1) is 0 Å². The molecule has 0 aliphatic carbocycles. The van der Waals surface area contributed by atoms with Crippen LogP contribution in [0.5, 0.6) is 0 Å². The molecule has 0 bridgehead atoms. The first-order valence-corrected chi connectivity index (χ1v) is 8.54. The lowest BCUT2D eigenvalue weighted by atomic mass is 10.0. The smallest absolute Gasteiger partial charge is 0.416 e. The van der Waals surface area contributed by atoms with Crippen molar-refractivity contribution in [3.8, 4) is 0 Å². The maximum Gasteiger partial charge on any atom is 0.416 e. The van der Waals surface area contributed by atoms with Gasteiger partial charge in [-0.05, 0) is 42.7 Å². The number of aryl methyl sites for hydroxylation is 1. The number of benzene rings is 2. The number of nitrogens with zero attached hydrogens (tertiary/aromatic N) is 1. The lowest BCUT2D eigenvalue weighted by molar-refractivity contribution is -0.137. The van der Waals surface area contributed by atoms with E-state index >= 15 is 0 Å². The minimum atomic E-state index is -4.57. The van der Waals surface area contributed by atoms with Crippen molar-refractivity contribution in [1.82, 2.24) is 0 Å². The summed E-state index contributed by atoms with van der Waals surface area (Å²) in [6, 6.07) is 10.7. The number of anilines is 3. The zero-order valence-corrected chi connectivity index (χ0v) is 14.7. The Morgan fingerprint density at radius 2 is 1.82 bits per heavy atom. The Hall–Kier alpha value is -3.29. The van der Waals surface area contributed by atoms with Gasteiger partial charge >= 0.3 is 12.1 Å². The molecule has 1 aliphatic rings. The van der Waals surface area contributed by atoms with E-state index in [2.05, 4.69) is 5.32 Å². The molecule has 0 atom stereocenters. The first kappa shape index (κ1) is 19.5. The molecular formula is C20H17F3N2O3. The van der Waals surface area contributed by atoms with Crippen LogP contribution in [0.2, 0.25) is 0 Å². The molecule has 2 aromatic carbocycles. The summed E-state index contributed by atoms with van der Waals surface area (Å²) in [5, 5.41) is 11.0. The number of fused-ring (bicyclic) bond motifs is 1. The van der Waals surface area contributed by atoms with Gasteiger partial charge in [-0.3, -0.25) is 4.79 Å². The van der Waals surface area contributed by atoms with Crippen LogP contribution in [-0.2, 0) is 22.2 Å². The fraction of sp³-hybridized carbons (Fsp3) is 0.200. The van der Waals surface area contributed by atoms with E-state index < -0.39 is 23.6 Å². The van der Waals surface area contributed by atoms with Crippen LogP contribution in [0.3, 0.4) is 0 Å². The Morgan fingerprint density at radius 3 is 2.54 bits per heavy atom. The Kier molecular flexibility index (Phi) is 5.39. The molecule has 2 aromatic rings. The van der Waals surface area contributed by atoms with Gasteiger partial charge in [0, 0.05) is 24.4 Å². The highest BCUT2D eigenvalue weighted by atomic mass is 19.4. The van der Waals surface area contributed by atoms with Crippen molar-refractivity contribution in [2.45, 2.75) is 19.0 Å². The third-order valence-corrected chi connectivity index (χ3v) is 4.36. The third kappa shape index (κ3) is 4.33. The zero-order chi connectivity index (χ0) is 20.3. The van der Waals surface area contributed by atoms with Crippen molar-refractivity contribution in [3.63, 3.8) is 0 Å². The highest BCUT2D eigenvalue weighted by Crippen LogP contribution is 2.40. The molecule has 1 aliphatic heterocycles. The predicted octanol–water partition coefficient (Wildman–Crippen LogP) is 4.37. The van der Waals surface area contributed by atoms with E-state index in [1.165, 1.54) is 6.07 Å². The molecule has 8 heteroatoms. The summed E-state index contributed by atoms with van der Waals surface area (Å²) >= 11 is 0. The van der Waals surface area contributed by atoms with Crippen LogP contribution in [0.25, 0.3) is 0 Å². The van der Waals surface area contributed by atoms with Crippen LogP contribution < -0.4 is 10.2 Å². The fourth-order valence-corrected chi connectivity index (χ4v) is 3.15. The summed E-state index contributed by atoms with van der Waals surface area (Å²) in [7, 11) is 0. The molecule has 0 aromatic heterocycles. The van der Waals surface area contributed by atoms with Crippen LogP contribution in [0.4, 0.5) is 30.2 Å². The molecule has 0 spiro atoms. The first-order valence-electron chi connectivity index (χ1n) is 8.54. The number of nitrogens with one attached hydrogen (secondary N) is 1. The Labute approximate surface area is 159 Å². The normalized spacial score (nSPS) is 14.0. The maximum absolute atomic E-state index is 13.2. The number of amides is 1. The van der Waals surface area contributed by atoms with E-state index in [1.807, 2.05) is 29.2 Å². The number of rotatable bonds is 4. The van der Waals surface area contributed by atoms with Gasteiger partial charge in [-0.1, -0.05) is 18.2 Å². The number of carbonyl (C=O) groups is 2. The van der Waals surface area contributed by atoms with Crippen LogP contribution in [-0.4, -0.2) is 23.5 Å². The third-order valence-electron chi connectivity index (χ3n) is 4.36. The highest BCUT2D eigenvalue weighted by Gasteiger charge is 2.32. The average molecular weight is 390 g/mol. The van der Waals surface area contributed by atoms with Crippen LogP contribution in [0.15, 0.2) is 54.6 Å². The van der Waals surface area contributed by atoms with Gasteiger partial charge in [0.05, 0.1) is 16.9 Å². The molecule has 0 saturated carbocycles. The zero-order valence-electron chi connectivity index (χ0n) is 14.7. The molecule has 1 amide bonds. The molecule has 146 valence electrons. The molecule has 3 rings (SSSR count). The van der Waals surface area contributed by atoms with Gasteiger partial charge in [0.25, 0.3) is 0 Å². The molecule has 0 unspecified atom stereocenters. The average Bonchev–Trinajstić information content (AvgIpc) is 2.65. The Morgan fingerprint density at radius 1 is 1.07 bits per heavy atom. The van der Waals surface area contributed by atoms with Crippen molar-refractivity contribution in [2.75, 3.05) is 16.8 Å². The topological polar surface area (TPSA) is 69.6 Å². The van der Waals surface area contributed by atoms with E-state index in [0.29, 0.717) is 18.3 Å². The number of carboxylic acid groups (broad SMARTS) is 1. The van der Waals surface area contributed by atoms with E-state index in [9.17, 15) is 22.8 Å². The highest BCUT2D eigenvalue weighted by molar-refractivity contribution is 6.04. The van der Waals surface area contributed by atoms with E-state index in [-0.39, 0.29) is 5.69 Å². The van der Waals surface area contributed by atoms with Crippen molar-refractivity contribution in [3.05, 3.63) is 65.7 Å². The number of carboxylic acids is 1. The van der Waals surface area contributed by atoms with E-state index in [0.717, 1.165) is 42.3 Å². The standard InChI is InChI=1S/C20H17F3N2O3/c21-20(22,23)14-7-8-17(15(12-14)24-18(26)9-10-19(27)28)25-11-3-5-13-4-1-2-6-16(13)25/h1-2,4,6-10,12H,3,5,11H2,(H,24,26)(H,27,28)/b10-9-. The number of aliphatic carboxylic acids is 1. The van der Waals surface area contributed by atoms with E-state index in [1.54, 1.807) is 0 Å². The van der Waals surface area contributed by atoms with Gasteiger partial charge in [0.1, 0.15) is 0 Å². The fourth-order valence-electron chi connectivity index (χ4n) is 3.15. The Balaban J connectivity index is 2.03. The maximum atomic E-state index is 13.2. The van der Waals surface area contributed by atoms with Crippen LogP contribution >= 0.6 is 0 Å². The SMILES string of the molecule is O=C(O)/C=C\C(=O)Nc1cc(C(F)(F)F)ccc1N1CCCc2ccccc21. The minimum absolute atomic E-state index is 0.0356. The molecule has 0 radical (unpaired) electrons. The summed E-state index contributed by atoms with van der Waals surface area (Å²) in [6.07, 6.45) is -1.52. The lowest BCUT2D eigenvalue weighted by Gasteiger charge is -2.33. The quantitative estimate of drug-likeness (QED) is 0.761. The monoisotopic (exact) mass is 390 g/mol. The van der Waals surface area contributed by atoms with Crippen molar-refractivity contribution in [2.24, 2.45) is 0 Å². The molecule has 0 fully saturated rings. The number of hydrogen-bond donors (Lipinski definition) is 2. The molecule has 28 heavy (non-hydrogen) atoms. The number of halogens is 3. The summed E-state index contributed by atoms with van der Waals surface area (Å²) in [5.74, 6) is -2.15. The molecule has 5 nitrogen and oxygen atoms in total. The summed E-state index contributed by atoms with van der Waals surface area (Å²) in [5.41, 5.74) is 1.41.